The van der Waals surface area contributed by atoms with Gasteiger partial charge in [0, 0.05) is 33.3 Å². The van der Waals surface area contributed by atoms with Crippen LogP contribution in [0.1, 0.15) is 38.3 Å². The maximum absolute atomic E-state index is 5.57. The molecule has 1 saturated heterocycles. The molecule has 0 aromatic heterocycles. The first-order valence-corrected chi connectivity index (χ1v) is 8.74. The van der Waals surface area contributed by atoms with Crippen molar-refractivity contribution in [2.75, 3.05) is 26.7 Å². The van der Waals surface area contributed by atoms with Gasteiger partial charge in [0.25, 0.3) is 0 Å². The summed E-state index contributed by atoms with van der Waals surface area (Å²) >= 11 is 0. The molecule has 24 heavy (non-hydrogen) atoms. The average molecular weight is 445 g/mol. The number of halogens is 1. The Kier molecular flexibility index (Phi) is 9.66. The number of rotatable bonds is 5. The van der Waals surface area contributed by atoms with Crippen molar-refractivity contribution >= 4 is 29.9 Å². The number of hydrogen-bond donors (Lipinski definition) is 1. The fourth-order valence-electron chi connectivity index (χ4n) is 3.43. The average Bonchev–Trinajstić information content (AvgIpc) is 2.53. The molecule has 0 aliphatic carbocycles. The summed E-state index contributed by atoms with van der Waals surface area (Å²) in [6, 6.07) is 8.46. The zero-order valence-corrected chi connectivity index (χ0v) is 17.7. The van der Waals surface area contributed by atoms with Gasteiger partial charge in [0.1, 0.15) is 0 Å². The molecule has 1 fully saturated rings. The van der Waals surface area contributed by atoms with Crippen LogP contribution in [0, 0.1) is 11.8 Å². The summed E-state index contributed by atoms with van der Waals surface area (Å²) in [6.07, 6.45) is 1.31. The summed E-state index contributed by atoms with van der Waals surface area (Å²) in [5.74, 6) is 2.46. The molecule has 1 heterocycles. The first-order chi connectivity index (χ1) is 11.1. The Hall–Kier alpha value is -0.820. The van der Waals surface area contributed by atoms with Gasteiger partial charge in [-0.15, -0.1) is 24.0 Å². The molecule has 1 aliphatic heterocycles. The summed E-state index contributed by atoms with van der Waals surface area (Å²) in [6.45, 7) is 11.1. The first-order valence-electron chi connectivity index (χ1n) is 8.74. The molecule has 2 atom stereocenters. The van der Waals surface area contributed by atoms with E-state index in [0.29, 0.717) is 6.61 Å². The third-order valence-corrected chi connectivity index (χ3v) is 4.40. The smallest absolute Gasteiger partial charge is 0.193 e. The Morgan fingerprint density at radius 3 is 2.42 bits per heavy atom. The van der Waals surface area contributed by atoms with Crippen LogP contribution in [0.2, 0.25) is 0 Å². The highest BCUT2D eigenvalue weighted by atomic mass is 127. The zero-order chi connectivity index (χ0) is 16.7. The molecule has 1 aliphatic rings. The van der Waals surface area contributed by atoms with E-state index in [2.05, 4.69) is 53.3 Å². The van der Waals surface area contributed by atoms with Crippen molar-refractivity contribution in [3.05, 3.63) is 35.4 Å². The highest BCUT2D eigenvalue weighted by Crippen LogP contribution is 2.21. The number of hydrogen-bond acceptors (Lipinski definition) is 2. The van der Waals surface area contributed by atoms with Crippen LogP contribution >= 0.6 is 24.0 Å². The minimum absolute atomic E-state index is 0. The second-order valence-electron chi connectivity index (χ2n) is 6.66. The largest absolute Gasteiger partial charge is 0.377 e. The Morgan fingerprint density at radius 1 is 1.21 bits per heavy atom. The third kappa shape index (κ3) is 6.24. The Balaban J connectivity index is 0.00000288. The van der Waals surface area contributed by atoms with Crippen molar-refractivity contribution in [3.63, 3.8) is 0 Å². The molecule has 4 nitrogen and oxygen atoms in total. The summed E-state index contributed by atoms with van der Waals surface area (Å²) < 4.78 is 5.57. The number of piperidine rings is 1. The molecule has 0 amide bonds. The minimum atomic E-state index is 0. The van der Waals surface area contributed by atoms with E-state index in [9.17, 15) is 0 Å². The fourth-order valence-corrected chi connectivity index (χ4v) is 3.43. The summed E-state index contributed by atoms with van der Waals surface area (Å²) in [4.78, 5) is 6.88. The molecule has 0 radical (unpaired) electrons. The molecule has 2 unspecified atom stereocenters. The van der Waals surface area contributed by atoms with Gasteiger partial charge in [-0.2, -0.15) is 0 Å². The first kappa shape index (κ1) is 21.2. The van der Waals surface area contributed by atoms with Gasteiger partial charge in [-0.05, 0) is 36.3 Å². The van der Waals surface area contributed by atoms with E-state index in [1.165, 1.54) is 17.5 Å². The van der Waals surface area contributed by atoms with E-state index in [0.717, 1.165) is 44.0 Å². The van der Waals surface area contributed by atoms with Gasteiger partial charge in [-0.25, -0.2) is 0 Å². The van der Waals surface area contributed by atoms with Gasteiger partial charge in [0.05, 0.1) is 6.61 Å². The van der Waals surface area contributed by atoms with Crippen molar-refractivity contribution in [3.8, 4) is 0 Å². The van der Waals surface area contributed by atoms with Crippen molar-refractivity contribution in [1.82, 2.24) is 10.2 Å². The number of ether oxygens (including phenoxy) is 1. The van der Waals surface area contributed by atoms with Crippen LogP contribution in [0.5, 0.6) is 0 Å². The molecule has 0 saturated carbocycles. The predicted octanol–water partition coefficient (Wildman–Crippen LogP) is 3.89. The normalized spacial score (nSPS) is 21.3. The summed E-state index contributed by atoms with van der Waals surface area (Å²) in [5, 5.41) is 3.53. The van der Waals surface area contributed by atoms with Crippen LogP contribution in [0.25, 0.3) is 0 Å². The van der Waals surface area contributed by atoms with E-state index >= 15 is 0 Å². The van der Waals surface area contributed by atoms with Crippen molar-refractivity contribution in [2.24, 2.45) is 16.8 Å². The molecular formula is C19H32IN3O. The van der Waals surface area contributed by atoms with E-state index in [1.807, 2.05) is 14.0 Å². The lowest BCUT2D eigenvalue weighted by atomic mass is 9.92. The monoisotopic (exact) mass is 445 g/mol. The van der Waals surface area contributed by atoms with E-state index in [-0.39, 0.29) is 24.0 Å². The SMILES string of the molecule is CCOCc1ccccc1CNC(=NC)N1CC(C)CC(C)C1.I. The van der Waals surface area contributed by atoms with Crippen molar-refractivity contribution in [1.29, 1.82) is 0 Å². The van der Waals surface area contributed by atoms with Crippen LogP contribution in [-0.2, 0) is 17.9 Å². The Bertz CT molecular complexity index is 511. The van der Waals surface area contributed by atoms with Gasteiger partial charge < -0.3 is 15.0 Å². The maximum Gasteiger partial charge on any atom is 0.193 e. The standard InChI is InChI=1S/C19H31N3O.HI/c1-5-23-14-18-9-7-6-8-17(18)11-21-19(20-4)22-12-15(2)10-16(3)13-22;/h6-9,15-16H,5,10-14H2,1-4H3,(H,20,21);1H. The summed E-state index contributed by atoms with van der Waals surface area (Å²) in [5.41, 5.74) is 2.53. The quantitative estimate of drug-likeness (QED) is 0.425. The zero-order valence-electron chi connectivity index (χ0n) is 15.4. The lowest BCUT2D eigenvalue weighted by Crippen LogP contribution is -2.48. The molecule has 1 aromatic rings. The van der Waals surface area contributed by atoms with Gasteiger partial charge in [-0.3, -0.25) is 4.99 Å². The summed E-state index contributed by atoms with van der Waals surface area (Å²) in [7, 11) is 1.87. The second-order valence-corrected chi connectivity index (χ2v) is 6.66. The number of benzene rings is 1. The molecule has 1 aromatic carbocycles. The minimum Gasteiger partial charge on any atom is -0.377 e. The highest BCUT2D eigenvalue weighted by Gasteiger charge is 2.23. The predicted molar refractivity (Wildman–Crippen MR) is 112 cm³/mol. The third-order valence-electron chi connectivity index (χ3n) is 4.40. The molecule has 136 valence electrons. The van der Waals surface area contributed by atoms with Gasteiger partial charge in [0.2, 0.25) is 0 Å². The molecule has 1 N–H and O–H groups in total. The number of likely N-dealkylation sites (tertiary alicyclic amines) is 1. The lowest BCUT2D eigenvalue weighted by molar-refractivity contribution is 0.133. The molecule has 0 spiro atoms. The number of nitrogens with one attached hydrogen (secondary N) is 1. The van der Waals surface area contributed by atoms with Crippen molar-refractivity contribution in [2.45, 2.75) is 40.3 Å². The van der Waals surface area contributed by atoms with Gasteiger partial charge >= 0.3 is 0 Å². The van der Waals surface area contributed by atoms with Crippen molar-refractivity contribution < 1.29 is 4.74 Å². The van der Waals surface area contributed by atoms with Crippen LogP contribution < -0.4 is 5.32 Å². The topological polar surface area (TPSA) is 36.9 Å². The number of aliphatic imine (C=N–C) groups is 1. The van der Waals surface area contributed by atoms with E-state index < -0.39 is 0 Å². The fraction of sp³-hybridized carbons (Fsp3) is 0.632. The van der Waals surface area contributed by atoms with Gasteiger partial charge in [-0.1, -0.05) is 38.1 Å². The highest BCUT2D eigenvalue weighted by molar-refractivity contribution is 14.0. The molecule has 2 rings (SSSR count). The molecular weight excluding hydrogens is 413 g/mol. The molecule has 0 bridgehead atoms. The lowest BCUT2D eigenvalue weighted by Gasteiger charge is -2.37. The van der Waals surface area contributed by atoms with E-state index in [1.54, 1.807) is 0 Å². The van der Waals surface area contributed by atoms with E-state index in [4.69, 9.17) is 4.74 Å². The van der Waals surface area contributed by atoms with Gasteiger partial charge in [0.15, 0.2) is 5.96 Å². The van der Waals surface area contributed by atoms with Crippen LogP contribution in [0.3, 0.4) is 0 Å². The van der Waals surface area contributed by atoms with Crippen LogP contribution in [0.15, 0.2) is 29.3 Å². The molecule has 5 heteroatoms. The van der Waals surface area contributed by atoms with Crippen LogP contribution in [0.4, 0.5) is 0 Å². The Labute approximate surface area is 164 Å². The maximum atomic E-state index is 5.57. The second kappa shape index (κ2) is 10.9. The Morgan fingerprint density at radius 2 is 1.83 bits per heavy atom. The number of nitrogens with zero attached hydrogens (tertiary/aromatic N) is 2. The number of guanidine groups is 1. The van der Waals surface area contributed by atoms with Crippen LogP contribution in [-0.4, -0.2) is 37.6 Å².